The lowest BCUT2D eigenvalue weighted by molar-refractivity contribution is -0.123. The average Bonchev–Trinajstić information content (AvgIpc) is 3.45. The number of imide groups is 1. The van der Waals surface area contributed by atoms with Gasteiger partial charge in [0.15, 0.2) is 0 Å². The number of carbonyl (C=O) groups is 3. The zero-order valence-electron chi connectivity index (χ0n) is 21.5. The van der Waals surface area contributed by atoms with Crippen molar-refractivity contribution >= 4 is 56.3 Å². The van der Waals surface area contributed by atoms with Gasteiger partial charge in [0.2, 0.25) is 0 Å². The summed E-state index contributed by atoms with van der Waals surface area (Å²) in [6, 6.07) is 20.7. The molecular formula is C30H24N2O4S3. The number of anilines is 1. The normalized spacial score (nSPS) is 16.0. The van der Waals surface area contributed by atoms with Crippen LogP contribution < -0.4 is 9.64 Å². The predicted octanol–water partition coefficient (Wildman–Crippen LogP) is 6.70. The first-order chi connectivity index (χ1) is 18.8. The number of hydrogen-bond donors (Lipinski definition) is 0. The summed E-state index contributed by atoms with van der Waals surface area (Å²) in [6.07, 6.45) is 0.175. The Hall–Kier alpha value is -3.66. The molecule has 9 heteroatoms. The van der Waals surface area contributed by atoms with Crippen molar-refractivity contribution in [1.82, 2.24) is 4.90 Å². The number of carbonyl (C=O) groups excluding carboxylic acids is 3. The third kappa shape index (κ3) is 3.87. The number of ether oxygens (including phenoxy) is 1. The van der Waals surface area contributed by atoms with Crippen molar-refractivity contribution in [2.24, 2.45) is 0 Å². The van der Waals surface area contributed by atoms with E-state index < -0.39 is 23.4 Å². The van der Waals surface area contributed by atoms with E-state index in [1.807, 2.05) is 62.4 Å². The molecule has 0 fully saturated rings. The molecule has 1 atom stereocenters. The van der Waals surface area contributed by atoms with Gasteiger partial charge in [-0.3, -0.25) is 24.2 Å². The summed E-state index contributed by atoms with van der Waals surface area (Å²) >= 11 is 5.72. The van der Waals surface area contributed by atoms with Gasteiger partial charge in [0, 0.05) is 17.5 Å². The first kappa shape index (κ1) is 25.6. The van der Waals surface area contributed by atoms with Crippen LogP contribution in [0.3, 0.4) is 0 Å². The third-order valence-corrected chi connectivity index (χ3v) is 10.7. The molecule has 2 aliphatic heterocycles. The molecule has 0 radical (unpaired) electrons. The second-order valence-corrected chi connectivity index (χ2v) is 12.8. The summed E-state index contributed by atoms with van der Waals surface area (Å²) in [7, 11) is 4.62. The fourth-order valence-electron chi connectivity index (χ4n) is 5.55. The van der Waals surface area contributed by atoms with Crippen LogP contribution in [0.5, 0.6) is 5.75 Å². The van der Waals surface area contributed by atoms with Crippen LogP contribution in [-0.2, 0) is 16.8 Å². The molecule has 0 saturated heterocycles. The molecule has 6 nitrogen and oxygen atoms in total. The number of nitrogens with zero attached hydrogens (tertiary/aromatic N) is 2. The molecule has 6 rings (SSSR count). The Morgan fingerprint density at radius 2 is 1.51 bits per heavy atom. The zero-order chi connectivity index (χ0) is 27.5. The Balaban J connectivity index is 1.55. The zero-order valence-corrected chi connectivity index (χ0v) is 23.9. The average molecular weight is 573 g/mol. The Bertz CT molecular complexity index is 1670. The third-order valence-electron chi connectivity index (χ3n) is 7.37. The van der Waals surface area contributed by atoms with E-state index in [9.17, 15) is 14.4 Å². The van der Waals surface area contributed by atoms with Crippen molar-refractivity contribution in [3.63, 3.8) is 0 Å². The van der Waals surface area contributed by atoms with Crippen molar-refractivity contribution in [2.75, 3.05) is 12.0 Å². The van der Waals surface area contributed by atoms with Gasteiger partial charge < -0.3 is 4.74 Å². The molecule has 0 N–H and O–H groups in total. The van der Waals surface area contributed by atoms with Crippen molar-refractivity contribution < 1.29 is 19.1 Å². The molecular weight excluding hydrogens is 549 g/mol. The minimum atomic E-state index is -1.08. The minimum absolute atomic E-state index is 0.175. The van der Waals surface area contributed by atoms with E-state index in [4.69, 9.17) is 17.0 Å². The van der Waals surface area contributed by atoms with Gasteiger partial charge in [-0.15, -0.1) is 0 Å². The van der Waals surface area contributed by atoms with E-state index in [0.717, 1.165) is 30.3 Å². The van der Waals surface area contributed by atoms with Crippen LogP contribution in [-0.4, -0.2) is 35.8 Å². The number of amides is 3. The molecule has 3 aromatic carbocycles. The minimum Gasteiger partial charge on any atom is -0.495 e. The van der Waals surface area contributed by atoms with Gasteiger partial charge in [-0.1, -0.05) is 87.5 Å². The van der Waals surface area contributed by atoms with E-state index in [2.05, 4.69) is 0 Å². The topological polar surface area (TPSA) is 66.9 Å². The molecule has 2 aliphatic rings. The fourth-order valence-corrected chi connectivity index (χ4v) is 8.83. The Morgan fingerprint density at radius 3 is 2.15 bits per heavy atom. The monoisotopic (exact) mass is 572 g/mol. The molecule has 0 saturated carbocycles. The first-order valence-corrected chi connectivity index (χ1v) is 15.0. The predicted molar refractivity (Wildman–Crippen MR) is 156 cm³/mol. The van der Waals surface area contributed by atoms with Gasteiger partial charge in [0.05, 0.1) is 34.3 Å². The first-order valence-electron chi connectivity index (χ1n) is 12.4. The Morgan fingerprint density at radius 1 is 0.897 bits per heavy atom. The van der Waals surface area contributed by atoms with E-state index in [-0.39, 0.29) is 12.3 Å². The quantitative estimate of drug-likeness (QED) is 0.151. The number of benzene rings is 3. The smallest absolute Gasteiger partial charge is 0.262 e. The van der Waals surface area contributed by atoms with E-state index in [1.165, 1.54) is 10.3 Å². The summed E-state index contributed by atoms with van der Waals surface area (Å²) in [5, 5.41) is 0. The van der Waals surface area contributed by atoms with Crippen LogP contribution >= 0.6 is 32.9 Å². The summed E-state index contributed by atoms with van der Waals surface area (Å²) in [5.74, 6) is -0.774. The number of rotatable bonds is 5. The van der Waals surface area contributed by atoms with E-state index in [1.54, 1.807) is 46.6 Å². The largest absolute Gasteiger partial charge is 0.495 e. The summed E-state index contributed by atoms with van der Waals surface area (Å²) in [4.78, 5) is 46.0. The Labute approximate surface area is 238 Å². The highest BCUT2D eigenvalue weighted by Gasteiger charge is 2.50. The van der Waals surface area contributed by atoms with Gasteiger partial charge in [-0.25, -0.2) is 0 Å². The van der Waals surface area contributed by atoms with Crippen molar-refractivity contribution in [3.8, 4) is 16.9 Å². The molecule has 0 aliphatic carbocycles. The molecule has 39 heavy (non-hydrogen) atoms. The SMILES string of the molecule is COc1cccc2c1N(C(=O)[C@H](Cc1ccccc1)N1C(=O)c3ccccc3C1=O)C(C)(C)c1ssc(=S)c1-2. The number of fused-ring (bicyclic) bond motifs is 4. The van der Waals surface area contributed by atoms with Crippen LogP contribution in [0.2, 0.25) is 0 Å². The summed E-state index contributed by atoms with van der Waals surface area (Å²) in [5.41, 5.74) is 2.97. The van der Waals surface area contributed by atoms with Gasteiger partial charge >= 0.3 is 0 Å². The highest BCUT2D eigenvalue weighted by atomic mass is 32.9. The Kier molecular flexibility index (Phi) is 6.25. The highest BCUT2D eigenvalue weighted by Crippen LogP contribution is 2.55. The molecule has 3 heterocycles. The number of hydrogen-bond acceptors (Lipinski definition) is 7. The molecule has 0 spiro atoms. The maximum atomic E-state index is 14.9. The van der Waals surface area contributed by atoms with Crippen molar-refractivity contribution in [1.29, 1.82) is 0 Å². The lowest BCUT2D eigenvalue weighted by Crippen LogP contribution is -2.57. The van der Waals surface area contributed by atoms with Crippen molar-refractivity contribution in [2.45, 2.75) is 31.8 Å². The highest BCUT2D eigenvalue weighted by molar-refractivity contribution is 7.80. The molecule has 196 valence electrons. The lowest BCUT2D eigenvalue weighted by Gasteiger charge is -2.45. The number of methoxy groups -OCH3 is 1. The van der Waals surface area contributed by atoms with E-state index in [0.29, 0.717) is 22.6 Å². The second-order valence-electron chi connectivity index (χ2n) is 9.98. The fraction of sp³-hybridized carbons (Fsp3) is 0.200. The molecule has 1 aromatic heterocycles. The van der Waals surface area contributed by atoms with Crippen LogP contribution in [0.25, 0.3) is 11.1 Å². The van der Waals surface area contributed by atoms with Gasteiger partial charge in [0.1, 0.15) is 15.6 Å². The van der Waals surface area contributed by atoms with Crippen molar-refractivity contribution in [3.05, 3.63) is 98.2 Å². The summed E-state index contributed by atoms with van der Waals surface area (Å²) in [6.45, 7) is 3.94. The van der Waals surface area contributed by atoms with Gasteiger partial charge in [-0.05, 0) is 37.6 Å². The number of para-hydroxylation sites is 1. The molecule has 3 amide bonds. The maximum Gasteiger partial charge on any atom is 0.262 e. The molecule has 0 unspecified atom stereocenters. The van der Waals surface area contributed by atoms with Crippen LogP contribution in [0, 0.1) is 3.82 Å². The van der Waals surface area contributed by atoms with Crippen LogP contribution in [0.15, 0.2) is 72.8 Å². The van der Waals surface area contributed by atoms with Crippen LogP contribution in [0.1, 0.15) is 45.0 Å². The van der Waals surface area contributed by atoms with Gasteiger partial charge in [0.25, 0.3) is 17.7 Å². The van der Waals surface area contributed by atoms with Gasteiger partial charge in [-0.2, -0.15) is 0 Å². The standard InChI is InChI=1S/C30H24N2O4S3/c1-30(2)25-23(29(37)39-38-25)20-14-9-15-22(36-3)24(20)32(30)28(35)21(16-17-10-5-4-6-11-17)31-26(33)18-12-7-8-13-19(18)27(31)34/h4-15,21H,16H2,1-3H3/t21-/m0/s1. The van der Waals surface area contributed by atoms with Crippen LogP contribution in [0.4, 0.5) is 5.69 Å². The second kappa shape index (κ2) is 9.51. The molecule has 0 bridgehead atoms. The lowest BCUT2D eigenvalue weighted by atomic mass is 9.86. The summed E-state index contributed by atoms with van der Waals surface area (Å²) < 4.78 is 6.52. The molecule has 4 aromatic rings. The van der Waals surface area contributed by atoms with E-state index >= 15 is 0 Å². The maximum absolute atomic E-state index is 14.9.